The molecule has 176 valence electrons. The van der Waals surface area contributed by atoms with Crippen molar-refractivity contribution in [1.29, 1.82) is 0 Å². The molecule has 2 aromatic heterocycles. The van der Waals surface area contributed by atoms with E-state index in [4.69, 9.17) is 9.47 Å². The lowest BCUT2D eigenvalue weighted by Crippen LogP contribution is -2.34. The van der Waals surface area contributed by atoms with E-state index >= 15 is 0 Å². The molecule has 0 radical (unpaired) electrons. The summed E-state index contributed by atoms with van der Waals surface area (Å²) in [6.45, 7) is 2.11. The van der Waals surface area contributed by atoms with Gasteiger partial charge in [-0.3, -0.25) is 4.79 Å². The molecule has 0 fully saturated rings. The summed E-state index contributed by atoms with van der Waals surface area (Å²) < 4.78 is 13.2. The summed E-state index contributed by atoms with van der Waals surface area (Å²) in [6.07, 6.45) is 7.30. The van der Waals surface area contributed by atoms with Crippen LogP contribution in [0.2, 0.25) is 0 Å². The zero-order valence-corrected chi connectivity index (χ0v) is 20.0. The first kappa shape index (κ1) is 21.5. The Hall–Kier alpha value is -4.06. The minimum absolute atomic E-state index is 0.00604. The average molecular weight is 466 g/mol. The normalized spacial score (nSPS) is 14.5. The van der Waals surface area contributed by atoms with Gasteiger partial charge in [-0.05, 0) is 59.9 Å². The number of nitrogens with zero attached hydrogens (tertiary/aromatic N) is 3. The standard InChI is InChI=1S/C29H27N3O3/c1-34-25-16-20-11-14-31(18-21(20)17-26(25)35-2)27(33)10-9-23-24-8-5-13-30-29(24)32-15-12-19-6-3-4-7-22(19)28(23)32/h3-10,13,16-17H,11-12,14-15,18H2,1-2H3/b10-9+. The third-order valence-corrected chi connectivity index (χ3v) is 7.16. The lowest BCUT2D eigenvalue weighted by Gasteiger charge is -2.29. The van der Waals surface area contributed by atoms with Crippen molar-refractivity contribution in [2.24, 2.45) is 0 Å². The van der Waals surface area contributed by atoms with Crippen molar-refractivity contribution in [2.45, 2.75) is 25.9 Å². The van der Waals surface area contributed by atoms with E-state index in [2.05, 4.69) is 39.9 Å². The van der Waals surface area contributed by atoms with E-state index in [1.165, 1.54) is 16.7 Å². The third-order valence-electron chi connectivity index (χ3n) is 7.16. The molecule has 0 spiro atoms. The number of aryl methyl sites for hydroxylation is 2. The number of pyridine rings is 1. The first-order valence-electron chi connectivity index (χ1n) is 11.9. The van der Waals surface area contributed by atoms with Gasteiger partial charge in [-0.25, -0.2) is 4.98 Å². The van der Waals surface area contributed by atoms with Gasteiger partial charge in [-0.15, -0.1) is 0 Å². The minimum Gasteiger partial charge on any atom is -0.493 e. The van der Waals surface area contributed by atoms with E-state index in [1.54, 1.807) is 20.3 Å². The zero-order valence-electron chi connectivity index (χ0n) is 20.0. The monoisotopic (exact) mass is 465 g/mol. The van der Waals surface area contributed by atoms with Gasteiger partial charge in [-0.2, -0.15) is 0 Å². The molecule has 0 bridgehead atoms. The average Bonchev–Trinajstić information content (AvgIpc) is 3.24. The summed E-state index contributed by atoms with van der Waals surface area (Å²) in [5.41, 5.74) is 8.02. The van der Waals surface area contributed by atoms with Crippen molar-refractivity contribution in [3.63, 3.8) is 0 Å². The molecule has 0 aliphatic carbocycles. The van der Waals surface area contributed by atoms with Crippen LogP contribution < -0.4 is 9.47 Å². The van der Waals surface area contributed by atoms with Crippen LogP contribution in [0.3, 0.4) is 0 Å². The van der Waals surface area contributed by atoms with E-state index in [0.29, 0.717) is 18.8 Å². The summed E-state index contributed by atoms with van der Waals surface area (Å²) in [6, 6.07) is 16.6. The van der Waals surface area contributed by atoms with Gasteiger partial charge in [0.2, 0.25) is 5.91 Å². The van der Waals surface area contributed by atoms with Crippen LogP contribution in [0.4, 0.5) is 0 Å². The highest BCUT2D eigenvalue weighted by atomic mass is 16.5. The summed E-state index contributed by atoms with van der Waals surface area (Å²) in [5.74, 6) is 1.42. The Labute approximate surface area is 204 Å². The number of methoxy groups -OCH3 is 2. The van der Waals surface area contributed by atoms with Crippen molar-refractivity contribution in [2.75, 3.05) is 20.8 Å². The second-order valence-corrected chi connectivity index (χ2v) is 9.01. The molecule has 0 saturated carbocycles. The first-order chi connectivity index (χ1) is 17.2. The molecular weight excluding hydrogens is 438 g/mol. The van der Waals surface area contributed by atoms with Gasteiger partial charge in [0.05, 0.1) is 19.9 Å². The van der Waals surface area contributed by atoms with Crippen LogP contribution in [0, 0.1) is 0 Å². The molecule has 2 aliphatic heterocycles. The van der Waals surface area contributed by atoms with Crippen LogP contribution in [0.25, 0.3) is 28.4 Å². The highest BCUT2D eigenvalue weighted by Gasteiger charge is 2.25. The van der Waals surface area contributed by atoms with E-state index in [9.17, 15) is 4.79 Å². The van der Waals surface area contributed by atoms with Crippen LogP contribution in [0.5, 0.6) is 11.5 Å². The molecule has 2 aliphatic rings. The van der Waals surface area contributed by atoms with Crippen LogP contribution in [0.15, 0.2) is 60.8 Å². The number of ether oxygens (including phenoxy) is 2. The number of aromatic nitrogens is 2. The Bertz CT molecular complexity index is 1480. The van der Waals surface area contributed by atoms with Gasteiger partial charge in [0.15, 0.2) is 11.5 Å². The second kappa shape index (κ2) is 8.62. The molecule has 0 unspecified atom stereocenters. The van der Waals surface area contributed by atoms with Gasteiger partial charge >= 0.3 is 0 Å². The minimum atomic E-state index is 0.00604. The highest BCUT2D eigenvalue weighted by molar-refractivity contribution is 6.01. The number of amides is 1. The van der Waals surface area contributed by atoms with Crippen LogP contribution >= 0.6 is 0 Å². The molecule has 2 aromatic carbocycles. The van der Waals surface area contributed by atoms with Crippen molar-refractivity contribution >= 4 is 23.0 Å². The number of hydrogen-bond acceptors (Lipinski definition) is 4. The summed E-state index contributed by atoms with van der Waals surface area (Å²) >= 11 is 0. The van der Waals surface area contributed by atoms with E-state index < -0.39 is 0 Å². The number of fused-ring (bicyclic) bond motifs is 6. The fourth-order valence-electron chi connectivity index (χ4n) is 5.41. The highest BCUT2D eigenvalue weighted by Crippen LogP contribution is 2.39. The van der Waals surface area contributed by atoms with Crippen molar-refractivity contribution in [3.8, 4) is 22.8 Å². The van der Waals surface area contributed by atoms with Gasteiger partial charge in [0.25, 0.3) is 0 Å². The summed E-state index contributed by atoms with van der Waals surface area (Å²) in [4.78, 5) is 19.9. The molecule has 4 heterocycles. The van der Waals surface area contributed by atoms with Crippen molar-refractivity contribution < 1.29 is 14.3 Å². The van der Waals surface area contributed by atoms with Crippen LogP contribution in [-0.2, 0) is 30.7 Å². The quantitative estimate of drug-likeness (QED) is 0.404. The molecule has 6 heteroatoms. The number of rotatable bonds is 4. The first-order valence-corrected chi connectivity index (χ1v) is 11.9. The second-order valence-electron chi connectivity index (χ2n) is 9.01. The lowest BCUT2D eigenvalue weighted by atomic mass is 9.95. The number of hydrogen-bond donors (Lipinski definition) is 0. The van der Waals surface area contributed by atoms with Crippen LogP contribution in [0.1, 0.15) is 22.3 Å². The van der Waals surface area contributed by atoms with E-state index in [1.807, 2.05) is 35.4 Å². The Balaban J connectivity index is 1.34. The van der Waals surface area contributed by atoms with Gasteiger partial charge in [-0.1, -0.05) is 24.3 Å². The molecular formula is C29H27N3O3. The third kappa shape index (κ3) is 3.57. The van der Waals surface area contributed by atoms with E-state index in [-0.39, 0.29) is 5.91 Å². The predicted molar refractivity (Wildman–Crippen MR) is 137 cm³/mol. The van der Waals surface area contributed by atoms with Gasteiger partial charge < -0.3 is 18.9 Å². The van der Waals surface area contributed by atoms with E-state index in [0.717, 1.165) is 53.0 Å². The fraction of sp³-hybridized carbons (Fsp3) is 0.241. The largest absolute Gasteiger partial charge is 0.493 e. The molecule has 4 aromatic rings. The molecule has 6 nitrogen and oxygen atoms in total. The summed E-state index contributed by atoms with van der Waals surface area (Å²) in [5, 5.41) is 1.07. The fourth-order valence-corrected chi connectivity index (χ4v) is 5.41. The maximum Gasteiger partial charge on any atom is 0.246 e. The Morgan fingerprint density at radius 2 is 1.71 bits per heavy atom. The van der Waals surface area contributed by atoms with Crippen LogP contribution in [-0.4, -0.2) is 41.1 Å². The molecule has 0 N–H and O–H groups in total. The lowest BCUT2D eigenvalue weighted by molar-refractivity contribution is -0.126. The Morgan fingerprint density at radius 3 is 2.54 bits per heavy atom. The van der Waals surface area contributed by atoms with Crippen molar-refractivity contribution in [1.82, 2.24) is 14.5 Å². The maximum atomic E-state index is 13.3. The summed E-state index contributed by atoms with van der Waals surface area (Å²) in [7, 11) is 3.28. The molecule has 0 saturated heterocycles. The molecule has 1 amide bonds. The Morgan fingerprint density at radius 1 is 0.943 bits per heavy atom. The number of carbonyl (C=O) groups is 1. The van der Waals surface area contributed by atoms with Gasteiger partial charge in [0, 0.05) is 48.4 Å². The molecule has 35 heavy (non-hydrogen) atoms. The Kier molecular flexibility index (Phi) is 5.29. The molecule has 0 atom stereocenters. The van der Waals surface area contributed by atoms with Gasteiger partial charge in [0.1, 0.15) is 5.65 Å². The maximum absolute atomic E-state index is 13.3. The SMILES string of the molecule is COc1cc2c(cc1OC)CN(C(=O)/C=C/c1c3n(c4ncccc14)CCc1ccccc1-3)CC2. The van der Waals surface area contributed by atoms with Crippen molar-refractivity contribution in [3.05, 3.63) is 83.1 Å². The topological polar surface area (TPSA) is 56.6 Å². The number of carbonyl (C=O) groups excluding carboxylic acids is 1. The zero-order chi connectivity index (χ0) is 23.9. The smallest absolute Gasteiger partial charge is 0.246 e. The number of benzene rings is 2. The predicted octanol–water partition coefficient (Wildman–Crippen LogP) is 4.87. The molecule has 6 rings (SSSR count).